The molecule has 7 nitrogen and oxygen atoms in total. The minimum absolute atomic E-state index is 0.0832. The van der Waals surface area contributed by atoms with Crippen LogP contribution < -0.4 is 10.6 Å². The van der Waals surface area contributed by atoms with E-state index in [1.54, 1.807) is 32.1 Å². The summed E-state index contributed by atoms with van der Waals surface area (Å²) in [5.74, 6) is -1.48. The van der Waals surface area contributed by atoms with E-state index >= 15 is 0 Å². The highest BCUT2D eigenvalue weighted by atomic mass is 19.1. The van der Waals surface area contributed by atoms with Crippen molar-refractivity contribution in [3.05, 3.63) is 89.4 Å². The van der Waals surface area contributed by atoms with E-state index in [-0.39, 0.29) is 18.0 Å². The lowest BCUT2D eigenvalue weighted by molar-refractivity contribution is -0.122. The number of allylic oxidation sites excluding steroid dienone is 4. The highest BCUT2D eigenvalue weighted by Gasteiger charge is 2.29. The van der Waals surface area contributed by atoms with E-state index in [1.165, 1.54) is 4.68 Å². The lowest BCUT2D eigenvalue weighted by Gasteiger charge is -2.14. The maximum atomic E-state index is 14.7. The van der Waals surface area contributed by atoms with Gasteiger partial charge in [0.05, 0.1) is 17.9 Å². The summed E-state index contributed by atoms with van der Waals surface area (Å²) in [6.45, 7) is 7.07. The molecule has 1 aromatic heterocycles. The summed E-state index contributed by atoms with van der Waals surface area (Å²) in [6.07, 6.45) is 4.85. The number of carbonyl (C=O) groups is 2. The number of nitrogens with one attached hydrogen (secondary N) is 2. The zero-order chi connectivity index (χ0) is 21.7. The molecule has 3 rings (SSSR count). The van der Waals surface area contributed by atoms with E-state index < -0.39 is 23.7 Å². The number of hydrogen-bond acceptors (Lipinski definition) is 4. The van der Waals surface area contributed by atoms with Crippen LogP contribution in [0.5, 0.6) is 0 Å². The van der Waals surface area contributed by atoms with E-state index in [1.807, 2.05) is 30.3 Å². The molecule has 2 aromatic rings. The van der Waals surface area contributed by atoms with Gasteiger partial charge in [0.2, 0.25) is 0 Å². The highest BCUT2D eigenvalue weighted by Crippen LogP contribution is 2.15. The van der Waals surface area contributed by atoms with Gasteiger partial charge in [0.15, 0.2) is 11.5 Å². The largest absolute Gasteiger partial charge is 0.493 e. The van der Waals surface area contributed by atoms with E-state index in [4.69, 9.17) is 4.74 Å². The molecule has 0 saturated carbocycles. The Bertz CT molecular complexity index is 1020. The molecule has 2 amide bonds. The van der Waals surface area contributed by atoms with Gasteiger partial charge in [-0.15, -0.1) is 0 Å². The van der Waals surface area contributed by atoms with Crippen LogP contribution >= 0.6 is 0 Å². The molecule has 2 heterocycles. The summed E-state index contributed by atoms with van der Waals surface area (Å²) in [5, 5.41) is 9.30. The third-order valence-electron chi connectivity index (χ3n) is 4.65. The number of aromatic nitrogens is 2. The van der Waals surface area contributed by atoms with Crippen molar-refractivity contribution >= 4 is 11.8 Å². The summed E-state index contributed by atoms with van der Waals surface area (Å²) < 4.78 is 21.6. The van der Waals surface area contributed by atoms with Crippen LogP contribution in [0.1, 0.15) is 28.7 Å². The van der Waals surface area contributed by atoms with Crippen molar-refractivity contribution in [2.45, 2.75) is 26.4 Å². The number of ether oxygens (including phenoxy) is 1. The molecule has 1 aliphatic heterocycles. The Morgan fingerprint density at radius 3 is 2.83 bits per heavy atom. The topological polar surface area (TPSA) is 85.2 Å². The number of benzene rings is 1. The van der Waals surface area contributed by atoms with Crippen molar-refractivity contribution in [3.63, 3.8) is 0 Å². The number of hydrogen-bond donors (Lipinski definition) is 2. The van der Waals surface area contributed by atoms with Gasteiger partial charge < -0.3 is 15.4 Å². The van der Waals surface area contributed by atoms with Gasteiger partial charge in [0.25, 0.3) is 11.8 Å². The van der Waals surface area contributed by atoms with Gasteiger partial charge in [0, 0.05) is 0 Å². The molecule has 156 valence electrons. The summed E-state index contributed by atoms with van der Waals surface area (Å²) >= 11 is 0. The average molecular weight is 410 g/mol. The molecule has 0 fully saturated rings. The maximum Gasteiger partial charge on any atom is 0.275 e. The number of nitrogens with zero attached hydrogens (tertiary/aromatic N) is 2. The lowest BCUT2D eigenvalue weighted by Crippen LogP contribution is -2.48. The fourth-order valence-electron chi connectivity index (χ4n) is 2.91. The number of carbonyl (C=O) groups excluding carboxylic acids is 2. The highest BCUT2D eigenvalue weighted by molar-refractivity contribution is 5.97. The third kappa shape index (κ3) is 4.65. The van der Waals surface area contributed by atoms with Crippen molar-refractivity contribution in [2.75, 3.05) is 6.61 Å². The van der Waals surface area contributed by atoms with Crippen molar-refractivity contribution < 1.29 is 18.7 Å². The number of rotatable bonds is 6. The van der Waals surface area contributed by atoms with Crippen molar-refractivity contribution in [1.82, 2.24) is 20.4 Å². The van der Waals surface area contributed by atoms with Crippen LogP contribution in [-0.2, 0) is 16.1 Å². The van der Waals surface area contributed by atoms with Crippen LogP contribution in [0.2, 0.25) is 0 Å². The van der Waals surface area contributed by atoms with Crippen LogP contribution in [0, 0.1) is 12.7 Å². The van der Waals surface area contributed by atoms with Crippen molar-refractivity contribution in [2.24, 2.45) is 0 Å². The SMILES string of the molecule is C=C/C=C\C1=C(C)OC[C@H](NC(=O)c2nn(Cc3ccccc3)c(C)c2F)C(=O)N1. The smallest absolute Gasteiger partial charge is 0.275 e. The minimum Gasteiger partial charge on any atom is -0.493 e. The standard InChI is InChI=1S/C22H23FN4O3/c1-4-5-11-17-15(3)30-13-18(21(28)24-17)25-22(29)20-19(23)14(2)27(26-20)12-16-9-7-6-8-10-16/h4-11,18H,1,12-13H2,2-3H3,(H,24,28)(H,25,29)/b11-5-/t18-/m0/s1. The van der Waals surface area contributed by atoms with Crippen LogP contribution in [0.15, 0.2) is 66.6 Å². The second-order valence-corrected chi connectivity index (χ2v) is 6.78. The molecule has 1 aromatic carbocycles. The second-order valence-electron chi connectivity index (χ2n) is 6.78. The number of amides is 2. The molecular weight excluding hydrogens is 387 g/mol. The molecule has 0 spiro atoms. The molecule has 0 aliphatic carbocycles. The molecule has 2 N–H and O–H groups in total. The first-order valence-corrected chi connectivity index (χ1v) is 9.42. The molecule has 0 radical (unpaired) electrons. The van der Waals surface area contributed by atoms with Crippen LogP contribution in [-0.4, -0.2) is 34.2 Å². The summed E-state index contributed by atoms with van der Waals surface area (Å²) in [4.78, 5) is 25.1. The Morgan fingerprint density at radius 1 is 1.40 bits per heavy atom. The van der Waals surface area contributed by atoms with Gasteiger partial charge in [-0.05, 0) is 25.5 Å². The van der Waals surface area contributed by atoms with E-state index in [2.05, 4.69) is 22.3 Å². The lowest BCUT2D eigenvalue weighted by atomic mass is 10.2. The fraction of sp³-hybridized carbons (Fsp3) is 0.227. The maximum absolute atomic E-state index is 14.7. The molecule has 30 heavy (non-hydrogen) atoms. The third-order valence-corrected chi connectivity index (χ3v) is 4.65. The Morgan fingerprint density at radius 2 is 2.13 bits per heavy atom. The second kappa shape index (κ2) is 9.21. The normalized spacial score (nSPS) is 16.8. The molecule has 1 atom stereocenters. The van der Waals surface area contributed by atoms with Gasteiger partial charge in [0.1, 0.15) is 18.4 Å². The average Bonchev–Trinajstić information content (AvgIpc) is 2.94. The zero-order valence-corrected chi connectivity index (χ0v) is 16.8. The summed E-state index contributed by atoms with van der Waals surface area (Å²) in [6, 6.07) is 8.41. The van der Waals surface area contributed by atoms with Gasteiger partial charge in [-0.2, -0.15) is 5.10 Å². The van der Waals surface area contributed by atoms with E-state index in [0.717, 1.165) is 5.56 Å². The van der Waals surface area contributed by atoms with Crippen molar-refractivity contribution in [1.29, 1.82) is 0 Å². The molecular formula is C22H23FN4O3. The zero-order valence-electron chi connectivity index (χ0n) is 16.8. The van der Waals surface area contributed by atoms with Gasteiger partial charge >= 0.3 is 0 Å². The predicted octanol–water partition coefficient (Wildman–Crippen LogP) is 2.60. The summed E-state index contributed by atoms with van der Waals surface area (Å²) in [7, 11) is 0. The van der Waals surface area contributed by atoms with Gasteiger partial charge in [-0.25, -0.2) is 4.39 Å². The van der Waals surface area contributed by atoms with Gasteiger partial charge in [-0.3, -0.25) is 14.3 Å². The monoisotopic (exact) mass is 410 g/mol. The molecule has 0 bridgehead atoms. The van der Waals surface area contributed by atoms with Crippen LogP contribution in [0.25, 0.3) is 0 Å². The fourth-order valence-corrected chi connectivity index (χ4v) is 2.91. The van der Waals surface area contributed by atoms with Gasteiger partial charge in [-0.1, -0.05) is 49.1 Å². The number of halogens is 1. The first-order valence-electron chi connectivity index (χ1n) is 9.42. The first-order chi connectivity index (χ1) is 14.4. The van der Waals surface area contributed by atoms with E-state index in [0.29, 0.717) is 18.0 Å². The van der Waals surface area contributed by atoms with E-state index in [9.17, 15) is 14.0 Å². The summed E-state index contributed by atoms with van der Waals surface area (Å²) in [5.41, 5.74) is 1.26. The molecule has 1 aliphatic rings. The Hall–Kier alpha value is -3.68. The predicted molar refractivity (Wildman–Crippen MR) is 110 cm³/mol. The quantitative estimate of drug-likeness (QED) is 0.717. The Kier molecular flexibility index (Phi) is 6.46. The van der Waals surface area contributed by atoms with Crippen molar-refractivity contribution in [3.8, 4) is 0 Å². The van der Waals surface area contributed by atoms with Crippen LogP contribution in [0.3, 0.4) is 0 Å². The molecule has 0 unspecified atom stereocenters. The first kappa shape index (κ1) is 21.0. The van der Waals surface area contributed by atoms with Crippen LogP contribution in [0.4, 0.5) is 4.39 Å². The minimum atomic E-state index is -0.999. The molecule has 8 heteroatoms. The Balaban J connectivity index is 1.73. The Labute approximate surface area is 173 Å². The molecule has 0 saturated heterocycles.